The number of carbonyl (C=O) groups is 5. The third-order valence-corrected chi connectivity index (χ3v) is 3.69. The molecule has 0 radical (unpaired) electrons. The fourth-order valence-electron chi connectivity index (χ4n) is 2.23. The van der Waals surface area contributed by atoms with Gasteiger partial charge in [-0.1, -0.05) is 32.6 Å². The van der Waals surface area contributed by atoms with E-state index in [1.807, 2.05) is 0 Å². The van der Waals surface area contributed by atoms with E-state index in [1.54, 1.807) is 0 Å². The maximum absolute atomic E-state index is 12.2. The van der Waals surface area contributed by atoms with Gasteiger partial charge in [0.1, 0.15) is 12.1 Å². The van der Waals surface area contributed by atoms with Gasteiger partial charge in [0.05, 0.1) is 13.5 Å². The average molecular weight is 371 g/mol. The molecule has 9 nitrogen and oxygen atoms in total. The Morgan fingerprint density at radius 1 is 1.00 bits per heavy atom. The zero-order valence-corrected chi connectivity index (χ0v) is 15.6. The highest BCUT2D eigenvalue weighted by molar-refractivity contribution is 6.39. The van der Waals surface area contributed by atoms with Gasteiger partial charge in [0.2, 0.25) is 17.6 Å². The summed E-state index contributed by atoms with van der Waals surface area (Å²) in [6.07, 6.45) is 4.40. The first-order valence-corrected chi connectivity index (χ1v) is 8.73. The summed E-state index contributed by atoms with van der Waals surface area (Å²) in [5.41, 5.74) is 5.08. The zero-order valence-electron chi connectivity index (χ0n) is 15.6. The maximum atomic E-state index is 12.2. The largest absolute Gasteiger partial charge is 0.467 e. The van der Waals surface area contributed by atoms with Gasteiger partial charge in [-0.2, -0.15) is 0 Å². The molecule has 148 valence electrons. The molecule has 0 aromatic carbocycles. The molecule has 0 aliphatic rings. The first-order valence-electron chi connectivity index (χ1n) is 8.73. The Balaban J connectivity index is 4.68. The molecular weight excluding hydrogens is 342 g/mol. The maximum Gasteiger partial charge on any atom is 0.328 e. The number of esters is 1. The van der Waals surface area contributed by atoms with Gasteiger partial charge in [-0.3, -0.25) is 19.2 Å². The van der Waals surface area contributed by atoms with Gasteiger partial charge in [-0.25, -0.2) is 4.79 Å². The predicted octanol–water partition coefficient (Wildman–Crippen LogP) is -0.0461. The molecule has 0 saturated heterocycles. The molecule has 9 heteroatoms. The van der Waals surface area contributed by atoms with Crippen molar-refractivity contribution >= 4 is 29.5 Å². The number of unbranched alkanes of at least 4 members (excludes halogenated alkanes) is 4. The van der Waals surface area contributed by atoms with Crippen molar-refractivity contribution in [1.29, 1.82) is 0 Å². The Hall–Kier alpha value is -2.45. The van der Waals surface area contributed by atoms with Crippen molar-refractivity contribution in [2.45, 2.75) is 70.9 Å². The van der Waals surface area contributed by atoms with E-state index >= 15 is 0 Å². The molecule has 0 aromatic heterocycles. The number of amides is 3. The van der Waals surface area contributed by atoms with E-state index in [2.05, 4.69) is 22.3 Å². The molecule has 4 N–H and O–H groups in total. The lowest BCUT2D eigenvalue weighted by Crippen LogP contribution is -2.51. The molecule has 0 aromatic rings. The van der Waals surface area contributed by atoms with Crippen LogP contribution < -0.4 is 16.4 Å². The number of hydrogen-bond donors (Lipinski definition) is 3. The standard InChI is InChI=1S/C17H29N3O6/c1-4-5-6-7-8-9-14(22)20-12(10-13(18)21)15(23)16(24)19-11(2)17(25)26-3/h11-12H,4-10H2,1-3H3,(H2,18,21)(H,19,24)(H,20,22)/t11-,12+/m0/s1. The Morgan fingerprint density at radius 2 is 1.62 bits per heavy atom. The van der Waals surface area contributed by atoms with Crippen LogP contribution in [0, 0.1) is 0 Å². The summed E-state index contributed by atoms with van der Waals surface area (Å²) in [5, 5.41) is 4.53. The van der Waals surface area contributed by atoms with Gasteiger partial charge in [-0.15, -0.1) is 0 Å². The molecule has 0 unspecified atom stereocenters. The van der Waals surface area contributed by atoms with Crippen molar-refractivity contribution < 1.29 is 28.7 Å². The van der Waals surface area contributed by atoms with Crippen LogP contribution in [0.4, 0.5) is 0 Å². The second-order valence-electron chi connectivity index (χ2n) is 6.04. The SMILES string of the molecule is CCCCCCCC(=O)N[C@H](CC(N)=O)C(=O)C(=O)N[C@@H](C)C(=O)OC. The van der Waals surface area contributed by atoms with Crippen LogP contribution in [0.1, 0.15) is 58.8 Å². The van der Waals surface area contributed by atoms with Crippen LogP contribution in [0.3, 0.4) is 0 Å². The number of carbonyl (C=O) groups excluding carboxylic acids is 5. The van der Waals surface area contributed by atoms with Crippen LogP contribution in [-0.4, -0.2) is 48.7 Å². The molecule has 2 atom stereocenters. The first-order chi connectivity index (χ1) is 12.2. The van der Waals surface area contributed by atoms with Crippen molar-refractivity contribution in [2.75, 3.05) is 7.11 Å². The summed E-state index contributed by atoms with van der Waals surface area (Å²) < 4.78 is 4.45. The van der Waals surface area contributed by atoms with Crippen molar-refractivity contribution in [3.05, 3.63) is 0 Å². The fourth-order valence-corrected chi connectivity index (χ4v) is 2.23. The number of rotatable bonds is 13. The third kappa shape index (κ3) is 9.75. The van der Waals surface area contributed by atoms with Crippen LogP contribution in [0.5, 0.6) is 0 Å². The fraction of sp³-hybridized carbons (Fsp3) is 0.706. The van der Waals surface area contributed by atoms with Crippen LogP contribution in [0.2, 0.25) is 0 Å². The molecule has 0 aliphatic heterocycles. The quantitative estimate of drug-likeness (QED) is 0.235. The minimum Gasteiger partial charge on any atom is -0.467 e. The van der Waals surface area contributed by atoms with Crippen molar-refractivity contribution in [2.24, 2.45) is 5.73 Å². The highest BCUT2D eigenvalue weighted by atomic mass is 16.5. The summed E-state index contributed by atoms with van der Waals surface area (Å²) in [4.78, 5) is 58.5. The monoisotopic (exact) mass is 371 g/mol. The number of primary amides is 1. The number of nitrogens with one attached hydrogen (secondary N) is 2. The zero-order chi connectivity index (χ0) is 20.1. The molecule has 26 heavy (non-hydrogen) atoms. The smallest absolute Gasteiger partial charge is 0.328 e. The van der Waals surface area contributed by atoms with E-state index in [9.17, 15) is 24.0 Å². The predicted molar refractivity (Wildman–Crippen MR) is 93.7 cm³/mol. The summed E-state index contributed by atoms with van der Waals surface area (Å²) in [7, 11) is 1.14. The molecule has 0 spiro atoms. The van der Waals surface area contributed by atoms with Crippen molar-refractivity contribution in [3.8, 4) is 0 Å². The summed E-state index contributed by atoms with van der Waals surface area (Å²) in [6.45, 7) is 3.42. The molecule has 0 fully saturated rings. The first kappa shape index (κ1) is 23.5. The second kappa shape index (κ2) is 12.8. The Morgan fingerprint density at radius 3 is 2.15 bits per heavy atom. The van der Waals surface area contributed by atoms with Gasteiger partial charge in [0.15, 0.2) is 0 Å². The van der Waals surface area contributed by atoms with Crippen molar-refractivity contribution in [3.63, 3.8) is 0 Å². The van der Waals surface area contributed by atoms with E-state index in [4.69, 9.17) is 5.73 Å². The second-order valence-corrected chi connectivity index (χ2v) is 6.04. The van der Waals surface area contributed by atoms with Crippen LogP contribution in [0.15, 0.2) is 0 Å². The number of ketones is 1. The summed E-state index contributed by atoms with van der Waals surface area (Å²) >= 11 is 0. The number of hydrogen-bond acceptors (Lipinski definition) is 6. The van der Waals surface area contributed by atoms with Gasteiger partial charge in [-0.05, 0) is 13.3 Å². The minimum absolute atomic E-state index is 0.187. The van der Waals surface area contributed by atoms with E-state index in [0.717, 1.165) is 32.8 Å². The third-order valence-electron chi connectivity index (χ3n) is 3.69. The molecule has 3 amide bonds. The highest BCUT2D eigenvalue weighted by Gasteiger charge is 2.30. The molecule has 0 rings (SSSR count). The average Bonchev–Trinajstić information content (AvgIpc) is 2.58. The Labute approximate surface area is 153 Å². The molecule has 0 aliphatic carbocycles. The number of ether oxygens (including phenoxy) is 1. The van der Waals surface area contributed by atoms with Crippen LogP contribution >= 0.6 is 0 Å². The number of methoxy groups -OCH3 is 1. The summed E-state index contributed by atoms with van der Waals surface area (Å²) in [5.74, 6) is -4.14. The molecular formula is C17H29N3O6. The molecule has 0 heterocycles. The van der Waals surface area contributed by atoms with E-state index < -0.39 is 48.0 Å². The van der Waals surface area contributed by atoms with Gasteiger partial charge < -0.3 is 21.1 Å². The van der Waals surface area contributed by atoms with E-state index in [1.165, 1.54) is 6.92 Å². The lowest BCUT2D eigenvalue weighted by Gasteiger charge is -2.17. The lowest BCUT2D eigenvalue weighted by molar-refractivity contribution is -0.147. The van der Waals surface area contributed by atoms with Gasteiger partial charge >= 0.3 is 5.97 Å². The van der Waals surface area contributed by atoms with Crippen LogP contribution in [-0.2, 0) is 28.7 Å². The number of nitrogens with two attached hydrogens (primary N) is 1. The lowest BCUT2D eigenvalue weighted by atomic mass is 10.1. The Bertz CT molecular complexity index is 521. The van der Waals surface area contributed by atoms with Crippen LogP contribution in [0.25, 0.3) is 0 Å². The normalized spacial score (nSPS) is 12.6. The van der Waals surface area contributed by atoms with E-state index in [0.29, 0.717) is 6.42 Å². The minimum atomic E-state index is -1.36. The highest BCUT2D eigenvalue weighted by Crippen LogP contribution is 2.05. The van der Waals surface area contributed by atoms with Gasteiger partial charge in [0.25, 0.3) is 5.91 Å². The van der Waals surface area contributed by atoms with Crippen molar-refractivity contribution in [1.82, 2.24) is 10.6 Å². The van der Waals surface area contributed by atoms with E-state index in [-0.39, 0.29) is 6.42 Å². The Kier molecular flexibility index (Phi) is 11.6. The topological polar surface area (TPSA) is 145 Å². The summed E-state index contributed by atoms with van der Waals surface area (Å²) in [6, 6.07) is -2.40. The molecule has 0 saturated carbocycles. The number of Topliss-reactive ketones (excluding diaryl/α,β-unsaturated/α-hetero) is 1. The molecule has 0 bridgehead atoms. The van der Waals surface area contributed by atoms with Gasteiger partial charge in [0, 0.05) is 6.42 Å².